The van der Waals surface area contributed by atoms with Crippen LogP contribution >= 0.6 is 0 Å². The van der Waals surface area contributed by atoms with E-state index in [4.69, 9.17) is 0 Å². The van der Waals surface area contributed by atoms with Crippen LogP contribution in [0.4, 0.5) is 5.69 Å². The summed E-state index contributed by atoms with van der Waals surface area (Å²) in [4.78, 5) is 14.6. The van der Waals surface area contributed by atoms with Gasteiger partial charge in [0.1, 0.15) is 0 Å². The number of carbonyl (C=O) groups excluding carboxylic acids is 1. The first-order valence-corrected chi connectivity index (χ1v) is 7.72. The lowest BCUT2D eigenvalue weighted by Gasteiger charge is -2.17. The van der Waals surface area contributed by atoms with Crippen LogP contribution in [0.1, 0.15) is 22.3 Å². The molecule has 1 aliphatic heterocycles. The Labute approximate surface area is 130 Å². The van der Waals surface area contributed by atoms with Gasteiger partial charge in [-0.3, -0.25) is 4.79 Å². The van der Waals surface area contributed by atoms with Gasteiger partial charge in [-0.2, -0.15) is 0 Å². The summed E-state index contributed by atoms with van der Waals surface area (Å²) in [6.45, 7) is 0.765. The molecule has 1 amide bonds. The van der Waals surface area contributed by atoms with Crippen molar-refractivity contribution < 1.29 is 4.79 Å². The molecule has 1 aliphatic rings. The van der Waals surface area contributed by atoms with Gasteiger partial charge in [0.05, 0.1) is 5.69 Å². The van der Waals surface area contributed by atoms with Gasteiger partial charge in [0, 0.05) is 17.5 Å². The Kier molecular flexibility index (Phi) is 3.15. The van der Waals surface area contributed by atoms with Crippen LogP contribution in [0.3, 0.4) is 0 Å². The van der Waals surface area contributed by atoms with Gasteiger partial charge < -0.3 is 4.90 Å². The molecule has 0 spiro atoms. The summed E-state index contributed by atoms with van der Waals surface area (Å²) in [6.07, 6.45) is 1.97. The lowest BCUT2D eigenvalue weighted by Crippen LogP contribution is -2.28. The molecule has 1 heterocycles. The average Bonchev–Trinajstić information content (AvgIpc) is 2.84. The van der Waals surface area contributed by atoms with Gasteiger partial charge in [0.25, 0.3) is 5.91 Å². The Morgan fingerprint density at radius 2 is 1.59 bits per heavy atom. The number of hydrogen-bond acceptors (Lipinski definition) is 1. The van der Waals surface area contributed by atoms with Crippen LogP contribution in [0.5, 0.6) is 0 Å². The van der Waals surface area contributed by atoms with Gasteiger partial charge >= 0.3 is 0 Å². The van der Waals surface area contributed by atoms with Crippen LogP contribution in [0, 0.1) is 0 Å². The Bertz CT molecular complexity index is 833. The van der Waals surface area contributed by atoms with E-state index in [9.17, 15) is 4.79 Å². The van der Waals surface area contributed by atoms with Crippen LogP contribution in [0.15, 0.2) is 66.7 Å². The van der Waals surface area contributed by atoms with Gasteiger partial charge in [-0.05, 0) is 35.9 Å². The summed E-state index contributed by atoms with van der Waals surface area (Å²) < 4.78 is 0. The zero-order valence-electron chi connectivity index (χ0n) is 12.3. The summed E-state index contributed by atoms with van der Waals surface area (Å²) in [5.74, 6) is 0.139. The van der Waals surface area contributed by atoms with E-state index >= 15 is 0 Å². The van der Waals surface area contributed by atoms with Crippen LogP contribution in [0.2, 0.25) is 0 Å². The number of carbonyl (C=O) groups is 1. The van der Waals surface area contributed by atoms with Crippen molar-refractivity contribution in [2.75, 3.05) is 11.4 Å². The second-order valence-corrected chi connectivity index (χ2v) is 5.73. The Hall–Kier alpha value is -2.61. The van der Waals surface area contributed by atoms with E-state index in [1.807, 2.05) is 29.2 Å². The molecule has 22 heavy (non-hydrogen) atoms. The van der Waals surface area contributed by atoms with Crippen LogP contribution < -0.4 is 4.90 Å². The van der Waals surface area contributed by atoms with E-state index in [1.54, 1.807) is 0 Å². The first kappa shape index (κ1) is 13.1. The second-order valence-electron chi connectivity index (χ2n) is 5.73. The molecule has 0 saturated carbocycles. The summed E-state index contributed by atoms with van der Waals surface area (Å²) in [6, 6.07) is 22.6. The maximum absolute atomic E-state index is 12.6. The smallest absolute Gasteiger partial charge is 0.258 e. The van der Waals surface area contributed by atoms with Crippen molar-refractivity contribution in [1.29, 1.82) is 0 Å². The third-order valence-electron chi connectivity index (χ3n) is 4.34. The second kappa shape index (κ2) is 5.30. The van der Waals surface area contributed by atoms with E-state index in [0.717, 1.165) is 41.4 Å². The molecule has 0 aliphatic carbocycles. The third kappa shape index (κ3) is 2.08. The lowest BCUT2D eigenvalue weighted by atomic mass is 10.1. The normalized spacial score (nSPS) is 13.1. The molecule has 0 unspecified atom stereocenters. The van der Waals surface area contributed by atoms with Crippen molar-refractivity contribution in [1.82, 2.24) is 0 Å². The Balaban J connectivity index is 1.57. The molecule has 0 aromatic heterocycles. The zero-order chi connectivity index (χ0) is 14.9. The van der Waals surface area contributed by atoms with E-state index in [0.29, 0.717) is 0 Å². The predicted octanol–water partition coefficient (Wildman–Crippen LogP) is 4.43. The highest BCUT2D eigenvalue weighted by Crippen LogP contribution is 2.37. The van der Waals surface area contributed by atoms with Crippen molar-refractivity contribution in [2.24, 2.45) is 0 Å². The number of anilines is 1. The number of hydrogen-bond donors (Lipinski definition) is 0. The van der Waals surface area contributed by atoms with Crippen LogP contribution in [-0.2, 0) is 6.42 Å². The fourth-order valence-electron chi connectivity index (χ4n) is 3.29. The minimum Gasteiger partial charge on any atom is -0.308 e. The molecule has 108 valence electrons. The quantitative estimate of drug-likeness (QED) is 0.695. The highest BCUT2D eigenvalue weighted by molar-refractivity contribution is 6.24. The average molecular weight is 287 g/mol. The van der Waals surface area contributed by atoms with Gasteiger partial charge in [0.15, 0.2) is 0 Å². The highest BCUT2D eigenvalue weighted by atomic mass is 16.2. The molecule has 2 nitrogen and oxygen atoms in total. The number of aryl methyl sites for hydroxylation is 1. The van der Waals surface area contributed by atoms with E-state index in [1.165, 1.54) is 5.56 Å². The summed E-state index contributed by atoms with van der Waals surface area (Å²) in [5.41, 5.74) is 3.23. The zero-order valence-corrected chi connectivity index (χ0v) is 12.3. The minimum absolute atomic E-state index is 0.139. The first-order valence-electron chi connectivity index (χ1n) is 7.72. The fraction of sp³-hybridized carbons (Fsp3) is 0.150. The van der Waals surface area contributed by atoms with Crippen molar-refractivity contribution in [2.45, 2.75) is 12.8 Å². The van der Waals surface area contributed by atoms with Gasteiger partial charge in [0.2, 0.25) is 0 Å². The van der Waals surface area contributed by atoms with Crippen molar-refractivity contribution in [3.05, 3.63) is 77.9 Å². The molecule has 0 fully saturated rings. The Morgan fingerprint density at radius 1 is 0.818 bits per heavy atom. The SMILES string of the molecule is O=C1c2cccc3cccc(c23)N1CCCc1ccccc1. The Morgan fingerprint density at radius 3 is 2.41 bits per heavy atom. The van der Waals surface area contributed by atoms with Crippen LogP contribution in [-0.4, -0.2) is 12.5 Å². The van der Waals surface area contributed by atoms with E-state index < -0.39 is 0 Å². The number of rotatable bonds is 4. The molecule has 0 N–H and O–H groups in total. The minimum atomic E-state index is 0.139. The monoisotopic (exact) mass is 287 g/mol. The third-order valence-corrected chi connectivity index (χ3v) is 4.34. The maximum atomic E-state index is 12.6. The highest BCUT2D eigenvalue weighted by Gasteiger charge is 2.28. The molecule has 4 rings (SSSR count). The van der Waals surface area contributed by atoms with Gasteiger partial charge in [-0.1, -0.05) is 54.6 Å². The first-order chi connectivity index (χ1) is 10.8. The number of benzene rings is 3. The summed E-state index contributed by atoms with van der Waals surface area (Å²) in [7, 11) is 0. The van der Waals surface area contributed by atoms with Crippen LogP contribution in [0.25, 0.3) is 10.8 Å². The van der Waals surface area contributed by atoms with Gasteiger partial charge in [-0.25, -0.2) is 0 Å². The van der Waals surface area contributed by atoms with Crippen molar-refractivity contribution in [3.8, 4) is 0 Å². The van der Waals surface area contributed by atoms with E-state index in [2.05, 4.69) is 42.5 Å². The number of nitrogens with zero attached hydrogens (tertiary/aromatic N) is 1. The lowest BCUT2D eigenvalue weighted by molar-refractivity contribution is 0.0993. The maximum Gasteiger partial charge on any atom is 0.258 e. The molecule has 0 bridgehead atoms. The summed E-state index contributed by atoms with van der Waals surface area (Å²) >= 11 is 0. The molecule has 0 radical (unpaired) electrons. The standard InChI is InChI=1S/C20H17NO/c22-20-17-12-4-10-16-11-5-13-18(19(16)17)21(20)14-6-9-15-7-2-1-3-8-15/h1-5,7-8,10-13H,6,9,14H2. The van der Waals surface area contributed by atoms with Crippen molar-refractivity contribution in [3.63, 3.8) is 0 Å². The van der Waals surface area contributed by atoms with E-state index in [-0.39, 0.29) is 5.91 Å². The molecule has 3 aromatic carbocycles. The predicted molar refractivity (Wildman–Crippen MR) is 90.4 cm³/mol. The fourth-order valence-corrected chi connectivity index (χ4v) is 3.29. The largest absolute Gasteiger partial charge is 0.308 e. The summed E-state index contributed by atoms with van der Waals surface area (Å²) in [5, 5.41) is 2.25. The molecular formula is C20H17NO. The van der Waals surface area contributed by atoms with Crippen molar-refractivity contribution >= 4 is 22.4 Å². The number of amides is 1. The molecule has 0 saturated heterocycles. The molecular weight excluding hydrogens is 270 g/mol. The topological polar surface area (TPSA) is 20.3 Å². The van der Waals surface area contributed by atoms with Gasteiger partial charge in [-0.15, -0.1) is 0 Å². The molecule has 2 heteroatoms. The molecule has 3 aromatic rings. The molecule has 0 atom stereocenters.